The molecule has 1 aliphatic carbocycles. The van der Waals surface area contributed by atoms with E-state index in [2.05, 4.69) is 40.5 Å². The molecule has 1 aromatic heterocycles. The lowest BCUT2D eigenvalue weighted by Crippen LogP contribution is -2.18. The van der Waals surface area contributed by atoms with Gasteiger partial charge < -0.3 is 0 Å². The molecular formula is C15H15N3. The van der Waals surface area contributed by atoms with Crippen LogP contribution >= 0.6 is 0 Å². The van der Waals surface area contributed by atoms with E-state index in [1.165, 1.54) is 0 Å². The molecule has 3 rings (SSSR count). The number of rotatable bonds is 2. The summed E-state index contributed by atoms with van der Waals surface area (Å²) >= 11 is 0. The smallest absolute Gasteiger partial charge is 0.0822 e. The Kier molecular flexibility index (Phi) is 2.64. The number of nitriles is 1. The third-order valence-corrected chi connectivity index (χ3v) is 3.94. The van der Waals surface area contributed by atoms with Gasteiger partial charge >= 0.3 is 0 Å². The van der Waals surface area contributed by atoms with Crippen molar-refractivity contribution < 1.29 is 0 Å². The first-order chi connectivity index (χ1) is 8.84. The van der Waals surface area contributed by atoms with Crippen LogP contribution in [0, 0.1) is 11.3 Å². The fourth-order valence-electron chi connectivity index (χ4n) is 2.83. The van der Waals surface area contributed by atoms with Crippen LogP contribution in [0.1, 0.15) is 31.2 Å². The number of nitrogens with one attached hydrogen (secondary N) is 1. The third-order valence-electron chi connectivity index (χ3n) is 3.94. The standard InChI is InChI=1S/C15H15N3/c16-11-15(7-1-2-8-15)14-5-3-12(4-6-14)13-9-17-18-10-13/h3-6,9-10H,1-2,7-8H2,(H,17,18). The number of aromatic amines is 1. The predicted molar refractivity (Wildman–Crippen MR) is 69.8 cm³/mol. The van der Waals surface area contributed by atoms with Gasteiger partial charge in [-0.05, 0) is 24.0 Å². The maximum absolute atomic E-state index is 9.46. The van der Waals surface area contributed by atoms with Crippen LogP contribution in [-0.4, -0.2) is 10.2 Å². The second kappa shape index (κ2) is 4.30. The molecule has 1 saturated carbocycles. The van der Waals surface area contributed by atoms with Gasteiger partial charge in [-0.25, -0.2) is 0 Å². The summed E-state index contributed by atoms with van der Waals surface area (Å²) < 4.78 is 0. The van der Waals surface area contributed by atoms with E-state index in [9.17, 15) is 5.26 Å². The Morgan fingerprint density at radius 2 is 1.83 bits per heavy atom. The van der Waals surface area contributed by atoms with Crippen LogP contribution in [0.3, 0.4) is 0 Å². The summed E-state index contributed by atoms with van der Waals surface area (Å²) in [7, 11) is 0. The summed E-state index contributed by atoms with van der Waals surface area (Å²) in [6, 6.07) is 10.9. The average molecular weight is 237 g/mol. The molecule has 0 aliphatic heterocycles. The van der Waals surface area contributed by atoms with Crippen molar-refractivity contribution in [3.8, 4) is 17.2 Å². The lowest BCUT2D eigenvalue weighted by molar-refractivity contribution is 0.573. The topological polar surface area (TPSA) is 52.5 Å². The van der Waals surface area contributed by atoms with Gasteiger partial charge in [0, 0.05) is 11.8 Å². The molecule has 1 aromatic carbocycles. The molecule has 1 fully saturated rings. The number of benzene rings is 1. The van der Waals surface area contributed by atoms with Gasteiger partial charge in [-0.1, -0.05) is 37.1 Å². The zero-order chi connectivity index (χ0) is 12.4. The SMILES string of the molecule is N#CC1(c2ccc(-c3cn[nH]c3)cc2)CCCC1. The first-order valence-corrected chi connectivity index (χ1v) is 6.35. The highest BCUT2D eigenvalue weighted by atomic mass is 15.1. The maximum atomic E-state index is 9.46. The van der Waals surface area contributed by atoms with Gasteiger partial charge in [-0.3, -0.25) is 5.10 Å². The van der Waals surface area contributed by atoms with Crippen molar-refractivity contribution in [1.29, 1.82) is 5.26 Å². The van der Waals surface area contributed by atoms with Crippen molar-refractivity contribution >= 4 is 0 Å². The summed E-state index contributed by atoms with van der Waals surface area (Å²) in [4.78, 5) is 0. The molecule has 0 bridgehead atoms. The van der Waals surface area contributed by atoms with Gasteiger partial charge in [-0.15, -0.1) is 0 Å². The minimum absolute atomic E-state index is 0.241. The molecule has 1 heterocycles. The van der Waals surface area contributed by atoms with Crippen LogP contribution in [0.25, 0.3) is 11.1 Å². The quantitative estimate of drug-likeness (QED) is 0.870. The van der Waals surface area contributed by atoms with Gasteiger partial charge in [0.15, 0.2) is 0 Å². The minimum atomic E-state index is -0.241. The number of H-pyrrole nitrogens is 1. The second-order valence-electron chi connectivity index (χ2n) is 4.97. The normalized spacial score (nSPS) is 17.5. The predicted octanol–water partition coefficient (Wildman–Crippen LogP) is 3.41. The first kappa shape index (κ1) is 11.0. The third kappa shape index (κ3) is 1.70. The van der Waals surface area contributed by atoms with Gasteiger partial charge in [0.1, 0.15) is 0 Å². The molecule has 0 atom stereocenters. The van der Waals surface area contributed by atoms with Crippen molar-refractivity contribution in [1.82, 2.24) is 10.2 Å². The second-order valence-corrected chi connectivity index (χ2v) is 4.97. The van der Waals surface area contributed by atoms with Crippen molar-refractivity contribution in [3.05, 3.63) is 42.2 Å². The Balaban J connectivity index is 1.94. The van der Waals surface area contributed by atoms with Crippen molar-refractivity contribution in [3.63, 3.8) is 0 Å². The highest BCUT2D eigenvalue weighted by Gasteiger charge is 2.35. The molecule has 3 heteroatoms. The number of hydrogen-bond acceptors (Lipinski definition) is 2. The van der Waals surface area contributed by atoms with Gasteiger partial charge in [0.25, 0.3) is 0 Å². The van der Waals surface area contributed by atoms with Gasteiger partial charge in [-0.2, -0.15) is 10.4 Å². The number of aromatic nitrogens is 2. The molecule has 2 aromatic rings. The fourth-order valence-corrected chi connectivity index (χ4v) is 2.83. The summed E-state index contributed by atoms with van der Waals surface area (Å²) in [6.45, 7) is 0. The number of nitrogens with zero attached hydrogens (tertiary/aromatic N) is 2. The van der Waals surface area contributed by atoms with Crippen molar-refractivity contribution in [2.75, 3.05) is 0 Å². The molecule has 1 aliphatic rings. The molecule has 3 nitrogen and oxygen atoms in total. The van der Waals surface area contributed by atoms with E-state index in [0.29, 0.717) is 0 Å². The van der Waals surface area contributed by atoms with E-state index in [4.69, 9.17) is 0 Å². The lowest BCUT2D eigenvalue weighted by atomic mass is 9.80. The van der Waals surface area contributed by atoms with Crippen LogP contribution in [0.5, 0.6) is 0 Å². The van der Waals surface area contributed by atoms with Crippen LogP contribution in [-0.2, 0) is 5.41 Å². The van der Waals surface area contributed by atoms with Crippen LogP contribution in [0.15, 0.2) is 36.7 Å². The lowest BCUT2D eigenvalue weighted by Gasteiger charge is -2.20. The highest BCUT2D eigenvalue weighted by molar-refractivity contribution is 5.62. The molecule has 18 heavy (non-hydrogen) atoms. The summed E-state index contributed by atoms with van der Waals surface area (Å²) in [5, 5.41) is 16.2. The molecule has 0 spiro atoms. The molecule has 0 unspecified atom stereocenters. The molecule has 0 saturated heterocycles. The summed E-state index contributed by atoms with van der Waals surface area (Å²) in [5.74, 6) is 0. The van der Waals surface area contributed by atoms with E-state index in [-0.39, 0.29) is 5.41 Å². The Morgan fingerprint density at radius 1 is 1.11 bits per heavy atom. The Labute approximate surface area is 106 Å². The Bertz CT molecular complexity index is 555. The van der Waals surface area contributed by atoms with Crippen molar-refractivity contribution in [2.45, 2.75) is 31.1 Å². The maximum Gasteiger partial charge on any atom is 0.0822 e. The zero-order valence-electron chi connectivity index (χ0n) is 10.2. The van der Waals surface area contributed by atoms with E-state index < -0.39 is 0 Å². The molecule has 1 N–H and O–H groups in total. The summed E-state index contributed by atoms with van der Waals surface area (Å²) in [6.07, 6.45) is 8.01. The average Bonchev–Trinajstić information content (AvgIpc) is 3.11. The largest absolute Gasteiger partial charge is 0.285 e. The van der Waals surface area contributed by atoms with Crippen LogP contribution < -0.4 is 0 Å². The molecule has 0 radical (unpaired) electrons. The van der Waals surface area contributed by atoms with Crippen molar-refractivity contribution in [2.24, 2.45) is 0 Å². The van der Waals surface area contributed by atoms with Gasteiger partial charge in [0.05, 0.1) is 17.7 Å². The molecule has 0 amide bonds. The van der Waals surface area contributed by atoms with E-state index >= 15 is 0 Å². The van der Waals surface area contributed by atoms with E-state index in [1.54, 1.807) is 0 Å². The highest BCUT2D eigenvalue weighted by Crippen LogP contribution is 2.40. The Morgan fingerprint density at radius 3 is 2.39 bits per heavy atom. The van der Waals surface area contributed by atoms with Crippen LogP contribution in [0.2, 0.25) is 0 Å². The monoisotopic (exact) mass is 237 g/mol. The van der Waals surface area contributed by atoms with Crippen LogP contribution in [0.4, 0.5) is 0 Å². The molecular weight excluding hydrogens is 222 g/mol. The zero-order valence-corrected chi connectivity index (χ0v) is 10.2. The summed E-state index contributed by atoms with van der Waals surface area (Å²) in [5.41, 5.74) is 3.14. The fraction of sp³-hybridized carbons (Fsp3) is 0.333. The van der Waals surface area contributed by atoms with E-state index in [0.717, 1.165) is 42.4 Å². The van der Waals surface area contributed by atoms with E-state index in [1.807, 2.05) is 12.4 Å². The minimum Gasteiger partial charge on any atom is -0.285 e. The Hall–Kier alpha value is -2.08. The van der Waals surface area contributed by atoms with Gasteiger partial charge in [0.2, 0.25) is 0 Å². The number of hydrogen-bond donors (Lipinski definition) is 1. The first-order valence-electron chi connectivity index (χ1n) is 6.35. The molecule has 90 valence electrons.